The Hall–Kier alpha value is -0.500. The van der Waals surface area contributed by atoms with Crippen LogP contribution in [0.4, 0.5) is 26.3 Å². The second-order valence-electron chi connectivity index (χ2n) is 3.90. The van der Waals surface area contributed by atoms with E-state index in [1.165, 1.54) is 0 Å². The van der Waals surface area contributed by atoms with Gasteiger partial charge in [-0.1, -0.05) is 0 Å². The summed E-state index contributed by atoms with van der Waals surface area (Å²) in [4.78, 5) is 1.10. The maximum absolute atomic E-state index is 13.3. The molecule has 0 aliphatic carbocycles. The maximum Gasteiger partial charge on any atom is 0.425 e. The first-order chi connectivity index (χ1) is 7.67. The predicted molar refractivity (Wildman–Crippen MR) is 47.8 cm³/mol. The van der Waals surface area contributed by atoms with Crippen molar-refractivity contribution in [2.45, 2.75) is 31.2 Å². The standard InChI is InChI=1S/C9H13F6NO/c1-6(16-2-4-17-5-3-16)8(11,12)7(10)9(13,14)15/h6-7H,2-5H2,1H3. The average molecular weight is 265 g/mol. The highest BCUT2D eigenvalue weighted by Gasteiger charge is 2.60. The maximum atomic E-state index is 13.3. The lowest BCUT2D eigenvalue weighted by atomic mass is 10.0. The molecule has 1 heterocycles. The van der Waals surface area contributed by atoms with E-state index in [0.29, 0.717) is 0 Å². The van der Waals surface area contributed by atoms with E-state index in [-0.39, 0.29) is 26.3 Å². The lowest BCUT2D eigenvalue weighted by Crippen LogP contribution is -2.57. The van der Waals surface area contributed by atoms with Gasteiger partial charge in [0.05, 0.1) is 19.3 Å². The van der Waals surface area contributed by atoms with Crippen molar-refractivity contribution in [3.63, 3.8) is 0 Å². The molecular formula is C9H13F6NO. The van der Waals surface area contributed by atoms with Gasteiger partial charge in [0.2, 0.25) is 0 Å². The zero-order chi connectivity index (χ0) is 13.3. The average Bonchev–Trinajstić information content (AvgIpc) is 2.27. The summed E-state index contributed by atoms with van der Waals surface area (Å²) in [6, 6.07) is -1.82. The fourth-order valence-electron chi connectivity index (χ4n) is 1.64. The Labute approximate surface area is 94.5 Å². The van der Waals surface area contributed by atoms with Gasteiger partial charge in [-0.05, 0) is 6.92 Å². The molecule has 2 atom stereocenters. The molecule has 1 saturated heterocycles. The van der Waals surface area contributed by atoms with Crippen LogP contribution in [-0.2, 0) is 4.74 Å². The Bertz CT molecular complexity index is 250. The van der Waals surface area contributed by atoms with Gasteiger partial charge in [-0.15, -0.1) is 0 Å². The summed E-state index contributed by atoms with van der Waals surface area (Å²) in [5.74, 6) is -4.46. The molecule has 8 heteroatoms. The van der Waals surface area contributed by atoms with Crippen LogP contribution in [0.2, 0.25) is 0 Å². The van der Waals surface area contributed by atoms with Crippen molar-refractivity contribution in [1.82, 2.24) is 4.90 Å². The predicted octanol–water partition coefficient (Wildman–Crippen LogP) is 2.24. The highest BCUT2D eigenvalue weighted by molar-refractivity contribution is 4.92. The van der Waals surface area contributed by atoms with Crippen molar-refractivity contribution in [3.05, 3.63) is 0 Å². The number of nitrogens with zero attached hydrogens (tertiary/aromatic N) is 1. The number of ether oxygens (including phenoxy) is 1. The van der Waals surface area contributed by atoms with Crippen molar-refractivity contribution in [2.24, 2.45) is 0 Å². The molecule has 1 aliphatic heterocycles. The second-order valence-corrected chi connectivity index (χ2v) is 3.90. The Morgan fingerprint density at radius 1 is 1.06 bits per heavy atom. The SMILES string of the molecule is CC(N1CCOCC1)C(F)(F)C(F)C(F)(F)F. The number of rotatable bonds is 3. The molecule has 0 amide bonds. The number of hydrogen-bond donors (Lipinski definition) is 0. The Morgan fingerprint density at radius 3 is 1.94 bits per heavy atom. The lowest BCUT2D eigenvalue weighted by Gasteiger charge is -2.37. The van der Waals surface area contributed by atoms with Crippen LogP contribution < -0.4 is 0 Å². The molecule has 102 valence electrons. The molecule has 0 spiro atoms. The topological polar surface area (TPSA) is 12.5 Å². The van der Waals surface area contributed by atoms with Gasteiger partial charge >= 0.3 is 12.1 Å². The van der Waals surface area contributed by atoms with E-state index in [0.717, 1.165) is 11.8 Å². The molecule has 2 nitrogen and oxygen atoms in total. The highest BCUT2D eigenvalue weighted by atomic mass is 19.4. The third-order valence-corrected chi connectivity index (χ3v) is 2.78. The van der Waals surface area contributed by atoms with E-state index in [4.69, 9.17) is 4.74 Å². The Morgan fingerprint density at radius 2 is 1.53 bits per heavy atom. The molecule has 0 aromatic heterocycles. The first-order valence-electron chi connectivity index (χ1n) is 5.07. The monoisotopic (exact) mass is 265 g/mol. The molecule has 0 N–H and O–H groups in total. The fourth-order valence-corrected chi connectivity index (χ4v) is 1.64. The van der Waals surface area contributed by atoms with Crippen LogP contribution in [0.1, 0.15) is 6.92 Å². The number of halogens is 6. The van der Waals surface area contributed by atoms with Crippen molar-refractivity contribution in [1.29, 1.82) is 0 Å². The summed E-state index contributed by atoms with van der Waals surface area (Å²) in [5.41, 5.74) is 0. The van der Waals surface area contributed by atoms with Crippen LogP contribution in [0.15, 0.2) is 0 Å². The minimum atomic E-state index is -5.55. The van der Waals surface area contributed by atoms with Crippen molar-refractivity contribution in [2.75, 3.05) is 26.3 Å². The molecule has 1 rings (SSSR count). The summed E-state index contributed by atoms with van der Waals surface area (Å²) in [6.45, 7) is 1.35. The van der Waals surface area contributed by atoms with Gasteiger partial charge in [0.25, 0.3) is 6.17 Å². The van der Waals surface area contributed by atoms with Crippen molar-refractivity contribution in [3.8, 4) is 0 Å². The molecular weight excluding hydrogens is 252 g/mol. The lowest BCUT2D eigenvalue weighted by molar-refractivity contribution is -0.259. The fraction of sp³-hybridized carbons (Fsp3) is 1.00. The summed E-state index contributed by atoms with van der Waals surface area (Å²) >= 11 is 0. The molecule has 1 aliphatic rings. The molecule has 2 unspecified atom stereocenters. The van der Waals surface area contributed by atoms with Gasteiger partial charge in [-0.3, -0.25) is 4.90 Å². The van der Waals surface area contributed by atoms with E-state index in [1.807, 2.05) is 0 Å². The van der Waals surface area contributed by atoms with E-state index in [1.54, 1.807) is 0 Å². The third kappa shape index (κ3) is 3.25. The molecule has 0 aromatic rings. The van der Waals surface area contributed by atoms with Crippen molar-refractivity contribution >= 4 is 0 Å². The smallest absolute Gasteiger partial charge is 0.379 e. The second kappa shape index (κ2) is 5.01. The quantitative estimate of drug-likeness (QED) is 0.726. The van der Waals surface area contributed by atoms with Crippen LogP contribution >= 0.6 is 0 Å². The van der Waals surface area contributed by atoms with Crippen LogP contribution in [0.3, 0.4) is 0 Å². The van der Waals surface area contributed by atoms with Crippen LogP contribution in [0.5, 0.6) is 0 Å². The molecule has 0 radical (unpaired) electrons. The Kier molecular flexibility index (Phi) is 4.29. The van der Waals surface area contributed by atoms with Gasteiger partial charge in [-0.25, -0.2) is 13.2 Å². The van der Waals surface area contributed by atoms with Gasteiger partial charge in [-0.2, -0.15) is 13.2 Å². The molecule has 0 bridgehead atoms. The molecule has 0 saturated carbocycles. The van der Waals surface area contributed by atoms with Gasteiger partial charge in [0.1, 0.15) is 0 Å². The number of morpholine rings is 1. The number of alkyl halides is 6. The number of hydrogen-bond acceptors (Lipinski definition) is 2. The van der Waals surface area contributed by atoms with Crippen LogP contribution in [-0.4, -0.2) is 55.5 Å². The summed E-state index contributed by atoms with van der Waals surface area (Å²) in [5, 5.41) is 0. The Balaban J connectivity index is 2.74. The van der Waals surface area contributed by atoms with Crippen LogP contribution in [0, 0.1) is 0 Å². The van der Waals surface area contributed by atoms with E-state index >= 15 is 0 Å². The summed E-state index contributed by atoms with van der Waals surface area (Å²) in [6.07, 6.45) is -9.70. The van der Waals surface area contributed by atoms with E-state index in [9.17, 15) is 26.3 Å². The van der Waals surface area contributed by atoms with Crippen LogP contribution in [0.25, 0.3) is 0 Å². The largest absolute Gasteiger partial charge is 0.425 e. The minimum Gasteiger partial charge on any atom is -0.379 e. The van der Waals surface area contributed by atoms with Crippen molar-refractivity contribution < 1.29 is 31.1 Å². The zero-order valence-corrected chi connectivity index (χ0v) is 9.11. The minimum absolute atomic E-state index is 0.0708. The zero-order valence-electron chi connectivity index (χ0n) is 9.11. The molecule has 17 heavy (non-hydrogen) atoms. The highest BCUT2D eigenvalue weighted by Crippen LogP contribution is 2.38. The summed E-state index contributed by atoms with van der Waals surface area (Å²) in [7, 11) is 0. The first-order valence-corrected chi connectivity index (χ1v) is 5.07. The first kappa shape index (κ1) is 14.6. The van der Waals surface area contributed by atoms with Gasteiger partial charge < -0.3 is 4.74 Å². The molecule has 0 aromatic carbocycles. The molecule has 1 fully saturated rings. The van der Waals surface area contributed by atoms with Gasteiger partial charge in [0.15, 0.2) is 0 Å². The van der Waals surface area contributed by atoms with E-state index in [2.05, 4.69) is 0 Å². The normalized spacial score (nSPS) is 23.5. The van der Waals surface area contributed by atoms with E-state index < -0.39 is 24.3 Å². The summed E-state index contributed by atoms with van der Waals surface area (Å²) < 4.78 is 80.2. The van der Waals surface area contributed by atoms with Gasteiger partial charge in [0, 0.05) is 13.1 Å². The third-order valence-electron chi connectivity index (χ3n) is 2.78.